The number of hydrogen-bond donors (Lipinski definition) is 1. The average Bonchev–Trinajstić information content (AvgIpc) is 3.21. The molecule has 2 aromatic rings. The molecule has 0 spiro atoms. The number of unbranched alkanes of at least 4 members (excludes halogenated alkanes) is 1. The number of rotatable bonds is 8. The Morgan fingerprint density at radius 1 is 1.14 bits per heavy atom. The van der Waals surface area contributed by atoms with E-state index in [1.165, 1.54) is 11.3 Å². The second kappa shape index (κ2) is 8.60. The van der Waals surface area contributed by atoms with Crippen LogP contribution in [0.3, 0.4) is 0 Å². The van der Waals surface area contributed by atoms with Crippen LogP contribution in [0, 0.1) is 5.92 Å². The molecule has 28 heavy (non-hydrogen) atoms. The minimum atomic E-state index is -0.893. The Bertz CT molecular complexity index is 858. The zero-order valence-electron chi connectivity index (χ0n) is 16.3. The molecular weight excluding hydrogens is 376 g/mol. The quantitative estimate of drug-likeness (QED) is 0.684. The maximum atomic E-state index is 13.0. The number of nitrogens with zero attached hydrogens (tertiary/aromatic N) is 3. The van der Waals surface area contributed by atoms with E-state index in [-0.39, 0.29) is 5.92 Å². The van der Waals surface area contributed by atoms with Crippen molar-refractivity contribution in [3.63, 3.8) is 0 Å². The summed E-state index contributed by atoms with van der Waals surface area (Å²) in [7, 11) is 0. The Labute approximate surface area is 168 Å². The van der Waals surface area contributed by atoms with Crippen LogP contribution in [0.5, 0.6) is 0 Å². The zero-order chi connectivity index (χ0) is 20.3. The molecule has 1 N–H and O–H groups in total. The van der Waals surface area contributed by atoms with E-state index in [2.05, 4.69) is 22.4 Å². The maximum absolute atomic E-state index is 13.0. The number of aryl methyl sites for hydroxylation is 1. The van der Waals surface area contributed by atoms with Crippen molar-refractivity contribution in [1.29, 1.82) is 0 Å². The van der Waals surface area contributed by atoms with Crippen LogP contribution in [-0.4, -0.2) is 38.9 Å². The van der Waals surface area contributed by atoms with E-state index < -0.39 is 23.8 Å². The lowest BCUT2D eigenvalue weighted by molar-refractivity contribution is -0.120. The molecule has 148 valence electrons. The highest BCUT2D eigenvalue weighted by atomic mass is 32.1. The summed E-state index contributed by atoms with van der Waals surface area (Å²) in [5.74, 6) is -1.15. The number of carbonyl (C=O) groups excluding carboxylic acids is 3. The van der Waals surface area contributed by atoms with Crippen molar-refractivity contribution in [2.75, 3.05) is 5.32 Å². The molecule has 0 saturated carbocycles. The summed E-state index contributed by atoms with van der Waals surface area (Å²) < 4.78 is 0. The fourth-order valence-corrected chi connectivity index (χ4v) is 3.97. The first kappa shape index (κ1) is 20.1. The molecule has 8 heteroatoms. The SMILES string of the molecule is CCCCc1nnc(NC(=O)C(CC(C)C)N2C(=O)c3ccccc3C2=O)s1. The predicted molar refractivity (Wildman–Crippen MR) is 107 cm³/mol. The van der Waals surface area contributed by atoms with Gasteiger partial charge in [-0.2, -0.15) is 0 Å². The van der Waals surface area contributed by atoms with Crippen molar-refractivity contribution in [3.05, 3.63) is 40.4 Å². The lowest BCUT2D eigenvalue weighted by Crippen LogP contribution is -2.47. The largest absolute Gasteiger partial charge is 0.299 e. The number of amides is 3. The van der Waals surface area contributed by atoms with Crippen molar-refractivity contribution in [2.45, 2.75) is 52.5 Å². The molecule has 0 aliphatic carbocycles. The first-order valence-electron chi connectivity index (χ1n) is 9.52. The fraction of sp³-hybridized carbons (Fsp3) is 0.450. The summed E-state index contributed by atoms with van der Waals surface area (Å²) in [6, 6.07) is 5.76. The number of fused-ring (bicyclic) bond motifs is 1. The molecule has 0 fully saturated rings. The second-order valence-electron chi connectivity index (χ2n) is 7.26. The highest BCUT2D eigenvalue weighted by Gasteiger charge is 2.42. The van der Waals surface area contributed by atoms with Crippen LogP contribution in [-0.2, 0) is 11.2 Å². The highest BCUT2D eigenvalue weighted by molar-refractivity contribution is 7.15. The van der Waals surface area contributed by atoms with Gasteiger partial charge in [0.1, 0.15) is 11.0 Å². The van der Waals surface area contributed by atoms with E-state index in [1.807, 2.05) is 13.8 Å². The normalized spacial score (nSPS) is 14.5. The van der Waals surface area contributed by atoms with Gasteiger partial charge in [0, 0.05) is 6.42 Å². The first-order chi connectivity index (χ1) is 13.4. The molecule has 0 bridgehead atoms. The van der Waals surface area contributed by atoms with Crippen LogP contribution in [0.2, 0.25) is 0 Å². The highest BCUT2D eigenvalue weighted by Crippen LogP contribution is 2.28. The minimum absolute atomic E-state index is 0.120. The molecule has 1 unspecified atom stereocenters. The smallest absolute Gasteiger partial charge is 0.262 e. The molecule has 1 aromatic carbocycles. The van der Waals surface area contributed by atoms with Gasteiger partial charge in [0.2, 0.25) is 11.0 Å². The molecule has 1 atom stereocenters. The molecule has 3 rings (SSSR count). The van der Waals surface area contributed by atoms with E-state index in [4.69, 9.17) is 0 Å². The molecule has 0 saturated heterocycles. The van der Waals surface area contributed by atoms with E-state index in [1.54, 1.807) is 24.3 Å². The van der Waals surface area contributed by atoms with Gasteiger partial charge >= 0.3 is 0 Å². The lowest BCUT2D eigenvalue weighted by atomic mass is 10.0. The van der Waals surface area contributed by atoms with Crippen molar-refractivity contribution >= 4 is 34.2 Å². The number of aromatic nitrogens is 2. The summed E-state index contributed by atoms with van der Waals surface area (Å²) in [6.07, 6.45) is 3.25. The average molecular weight is 401 g/mol. The van der Waals surface area contributed by atoms with Crippen molar-refractivity contribution in [3.8, 4) is 0 Å². The van der Waals surface area contributed by atoms with Gasteiger partial charge in [-0.3, -0.25) is 24.6 Å². The van der Waals surface area contributed by atoms with Gasteiger partial charge in [0.05, 0.1) is 11.1 Å². The van der Waals surface area contributed by atoms with Gasteiger partial charge in [-0.15, -0.1) is 10.2 Å². The van der Waals surface area contributed by atoms with Crippen LogP contribution in [0.4, 0.5) is 5.13 Å². The first-order valence-corrected chi connectivity index (χ1v) is 10.3. The molecule has 7 nitrogen and oxygen atoms in total. The van der Waals surface area contributed by atoms with E-state index in [0.717, 1.165) is 29.2 Å². The van der Waals surface area contributed by atoms with Crippen LogP contribution >= 0.6 is 11.3 Å². The fourth-order valence-electron chi connectivity index (χ4n) is 3.19. The topological polar surface area (TPSA) is 92.3 Å². The van der Waals surface area contributed by atoms with Crippen molar-refractivity contribution in [1.82, 2.24) is 15.1 Å². The molecule has 3 amide bonds. The summed E-state index contributed by atoms with van der Waals surface area (Å²) in [4.78, 5) is 39.7. The molecular formula is C20H24N4O3S. The van der Waals surface area contributed by atoms with Gasteiger partial charge in [-0.25, -0.2) is 0 Å². The zero-order valence-corrected chi connectivity index (χ0v) is 17.1. The molecule has 0 radical (unpaired) electrons. The van der Waals surface area contributed by atoms with Crippen LogP contribution in [0.1, 0.15) is 65.8 Å². The van der Waals surface area contributed by atoms with Gasteiger partial charge in [-0.05, 0) is 30.9 Å². The van der Waals surface area contributed by atoms with E-state index in [9.17, 15) is 14.4 Å². The third-order valence-corrected chi connectivity index (χ3v) is 5.47. The number of hydrogen-bond acceptors (Lipinski definition) is 6. The third-order valence-electron chi connectivity index (χ3n) is 4.58. The number of carbonyl (C=O) groups is 3. The van der Waals surface area contributed by atoms with Gasteiger partial charge < -0.3 is 0 Å². The van der Waals surface area contributed by atoms with Gasteiger partial charge in [0.25, 0.3) is 11.8 Å². The van der Waals surface area contributed by atoms with Gasteiger partial charge in [0.15, 0.2) is 0 Å². The Hall–Kier alpha value is -2.61. The monoisotopic (exact) mass is 400 g/mol. The molecule has 1 aliphatic rings. The summed E-state index contributed by atoms with van der Waals surface area (Å²) >= 11 is 1.33. The molecule has 2 heterocycles. The van der Waals surface area contributed by atoms with Crippen LogP contribution < -0.4 is 5.32 Å². The number of imide groups is 1. The maximum Gasteiger partial charge on any atom is 0.262 e. The van der Waals surface area contributed by atoms with E-state index in [0.29, 0.717) is 22.7 Å². The molecule has 1 aromatic heterocycles. The van der Waals surface area contributed by atoms with Crippen LogP contribution in [0.15, 0.2) is 24.3 Å². The van der Waals surface area contributed by atoms with Crippen molar-refractivity contribution < 1.29 is 14.4 Å². The summed E-state index contributed by atoms with van der Waals surface area (Å²) in [5, 5.41) is 12.1. The Morgan fingerprint density at radius 3 is 2.36 bits per heavy atom. The Balaban J connectivity index is 1.81. The Morgan fingerprint density at radius 2 is 1.79 bits per heavy atom. The lowest BCUT2D eigenvalue weighted by Gasteiger charge is -2.26. The van der Waals surface area contributed by atoms with E-state index >= 15 is 0 Å². The van der Waals surface area contributed by atoms with Crippen molar-refractivity contribution in [2.24, 2.45) is 5.92 Å². The third kappa shape index (κ3) is 4.11. The summed E-state index contributed by atoms with van der Waals surface area (Å²) in [6.45, 7) is 6.00. The number of nitrogens with one attached hydrogen (secondary N) is 1. The van der Waals surface area contributed by atoms with Gasteiger partial charge in [-0.1, -0.05) is 50.7 Å². The minimum Gasteiger partial charge on any atom is -0.299 e. The standard InChI is InChI=1S/C20H24N4O3S/c1-4-5-10-16-22-23-20(28-16)21-17(25)15(11-12(2)3)24-18(26)13-8-6-7-9-14(13)19(24)27/h6-9,12,15H,4-5,10-11H2,1-3H3,(H,21,23,25). The molecule has 1 aliphatic heterocycles. The summed E-state index contributed by atoms with van der Waals surface area (Å²) in [5.41, 5.74) is 0.679. The van der Waals surface area contributed by atoms with Crippen LogP contribution in [0.25, 0.3) is 0 Å². The number of anilines is 1. The second-order valence-corrected chi connectivity index (χ2v) is 8.33. The Kier molecular flexibility index (Phi) is 6.18. The number of benzene rings is 1. The predicted octanol–water partition coefficient (Wildman–Crippen LogP) is 3.53.